The lowest BCUT2D eigenvalue weighted by atomic mass is 10.0. The molecule has 0 amide bonds. The molecule has 0 aromatic heterocycles. The van der Waals surface area contributed by atoms with Crippen LogP contribution in [0.3, 0.4) is 0 Å². The molecule has 0 bridgehead atoms. The van der Waals surface area contributed by atoms with Crippen molar-refractivity contribution in [3.05, 3.63) is 24.0 Å². The zero-order chi connectivity index (χ0) is 14.7. The molecule has 0 aliphatic rings. The van der Waals surface area contributed by atoms with Crippen molar-refractivity contribution in [3.8, 4) is 5.75 Å². The van der Waals surface area contributed by atoms with Gasteiger partial charge in [0.1, 0.15) is 16.5 Å². The molecule has 0 saturated carbocycles. The molecule has 1 aromatic rings. The third kappa shape index (κ3) is 4.18. The predicted molar refractivity (Wildman–Crippen MR) is 72.3 cm³/mol. The Morgan fingerprint density at radius 2 is 1.95 bits per heavy atom. The number of nitrogens with one attached hydrogen (secondary N) is 1. The van der Waals surface area contributed by atoms with Crippen LogP contribution >= 0.6 is 0 Å². The van der Waals surface area contributed by atoms with Crippen LogP contribution in [0.5, 0.6) is 5.75 Å². The number of halogens is 1. The second-order valence-corrected chi connectivity index (χ2v) is 6.52. The van der Waals surface area contributed by atoms with Gasteiger partial charge in [0.15, 0.2) is 0 Å². The van der Waals surface area contributed by atoms with Crippen molar-refractivity contribution in [1.29, 1.82) is 0 Å². The van der Waals surface area contributed by atoms with Gasteiger partial charge in [0.2, 0.25) is 10.0 Å². The normalized spacial score (nSPS) is 12.5. The molecule has 0 fully saturated rings. The largest absolute Gasteiger partial charge is 0.494 e. The van der Waals surface area contributed by atoms with Crippen LogP contribution in [-0.2, 0) is 10.0 Å². The fourth-order valence-corrected chi connectivity index (χ4v) is 3.01. The molecule has 1 rings (SSSR count). The standard InChI is InChI=1S/C13H20FNO3S/c1-5-13(3,4)15-19(16,17)12-9-10(18-6-2)7-8-11(12)14/h7-9,15H,5-6H2,1-4H3. The molecule has 0 heterocycles. The second-order valence-electron chi connectivity index (χ2n) is 4.87. The summed E-state index contributed by atoms with van der Waals surface area (Å²) in [4.78, 5) is -0.389. The van der Waals surface area contributed by atoms with Crippen LogP contribution in [0.1, 0.15) is 34.1 Å². The highest BCUT2D eigenvalue weighted by molar-refractivity contribution is 7.89. The van der Waals surface area contributed by atoms with E-state index in [-0.39, 0.29) is 4.90 Å². The minimum absolute atomic E-state index is 0.332. The number of benzene rings is 1. The minimum Gasteiger partial charge on any atom is -0.494 e. The summed E-state index contributed by atoms with van der Waals surface area (Å²) in [6, 6.07) is 3.70. The number of hydrogen-bond donors (Lipinski definition) is 1. The summed E-state index contributed by atoms with van der Waals surface area (Å²) >= 11 is 0. The number of sulfonamides is 1. The molecule has 1 aromatic carbocycles. The van der Waals surface area contributed by atoms with Gasteiger partial charge in [-0.2, -0.15) is 0 Å². The highest BCUT2D eigenvalue weighted by Crippen LogP contribution is 2.23. The molecule has 0 atom stereocenters. The van der Waals surface area contributed by atoms with Crippen LogP contribution in [0.25, 0.3) is 0 Å². The Labute approximate surface area is 114 Å². The van der Waals surface area contributed by atoms with Gasteiger partial charge in [-0.05, 0) is 39.3 Å². The Kier molecular flexibility index (Phi) is 4.92. The molecular weight excluding hydrogens is 269 g/mol. The van der Waals surface area contributed by atoms with E-state index in [1.165, 1.54) is 12.1 Å². The third-order valence-corrected chi connectivity index (χ3v) is 4.51. The summed E-state index contributed by atoms with van der Waals surface area (Å²) in [7, 11) is -3.91. The van der Waals surface area contributed by atoms with Crippen molar-refractivity contribution in [2.24, 2.45) is 0 Å². The number of rotatable bonds is 6. The first-order valence-electron chi connectivity index (χ1n) is 6.18. The maximum atomic E-state index is 13.7. The minimum atomic E-state index is -3.91. The Morgan fingerprint density at radius 1 is 1.32 bits per heavy atom. The van der Waals surface area contributed by atoms with Crippen LogP contribution in [0.2, 0.25) is 0 Å². The third-order valence-electron chi connectivity index (χ3n) is 2.80. The van der Waals surface area contributed by atoms with Gasteiger partial charge in [0, 0.05) is 11.6 Å². The van der Waals surface area contributed by atoms with E-state index < -0.39 is 21.4 Å². The summed E-state index contributed by atoms with van der Waals surface area (Å²) in [5.74, 6) is -0.457. The fraction of sp³-hybridized carbons (Fsp3) is 0.538. The van der Waals surface area contributed by atoms with Gasteiger partial charge < -0.3 is 4.74 Å². The van der Waals surface area contributed by atoms with Gasteiger partial charge in [0.05, 0.1) is 6.61 Å². The monoisotopic (exact) mass is 289 g/mol. The van der Waals surface area contributed by atoms with Crippen molar-refractivity contribution in [2.75, 3.05) is 6.61 Å². The Hall–Kier alpha value is -1.14. The molecule has 0 unspecified atom stereocenters. The van der Waals surface area contributed by atoms with Crippen LogP contribution in [0.4, 0.5) is 4.39 Å². The Morgan fingerprint density at radius 3 is 2.47 bits per heavy atom. The average Bonchev–Trinajstić information content (AvgIpc) is 2.30. The topological polar surface area (TPSA) is 55.4 Å². The molecule has 0 spiro atoms. The molecule has 0 saturated heterocycles. The van der Waals surface area contributed by atoms with Gasteiger partial charge >= 0.3 is 0 Å². The molecule has 108 valence electrons. The maximum absolute atomic E-state index is 13.7. The Balaban J connectivity index is 3.17. The zero-order valence-electron chi connectivity index (χ0n) is 11.7. The van der Waals surface area contributed by atoms with Gasteiger partial charge in [-0.1, -0.05) is 6.92 Å². The highest BCUT2D eigenvalue weighted by Gasteiger charge is 2.27. The van der Waals surface area contributed by atoms with E-state index in [0.29, 0.717) is 18.8 Å². The summed E-state index contributed by atoms with van der Waals surface area (Å²) in [6.45, 7) is 7.51. The lowest BCUT2D eigenvalue weighted by molar-refractivity contribution is 0.338. The number of ether oxygens (including phenoxy) is 1. The quantitative estimate of drug-likeness (QED) is 0.876. The maximum Gasteiger partial charge on any atom is 0.244 e. The average molecular weight is 289 g/mol. The van der Waals surface area contributed by atoms with Crippen molar-refractivity contribution < 1.29 is 17.5 Å². The van der Waals surface area contributed by atoms with E-state index in [1.54, 1.807) is 20.8 Å². The van der Waals surface area contributed by atoms with Crippen LogP contribution in [0.15, 0.2) is 23.1 Å². The van der Waals surface area contributed by atoms with Crippen molar-refractivity contribution in [2.45, 2.75) is 44.6 Å². The summed E-state index contributed by atoms with van der Waals surface area (Å²) in [6.07, 6.45) is 0.596. The predicted octanol–water partition coefficient (Wildman–Crippen LogP) is 2.69. The lowest BCUT2D eigenvalue weighted by Crippen LogP contribution is -2.42. The van der Waals surface area contributed by atoms with Gasteiger partial charge in [-0.15, -0.1) is 0 Å². The first-order valence-corrected chi connectivity index (χ1v) is 7.66. The molecule has 19 heavy (non-hydrogen) atoms. The summed E-state index contributed by atoms with van der Waals surface area (Å²) < 4.78 is 45.7. The van der Waals surface area contributed by atoms with Crippen molar-refractivity contribution >= 4 is 10.0 Å². The van der Waals surface area contributed by atoms with Crippen LogP contribution in [0, 0.1) is 5.82 Å². The summed E-state index contributed by atoms with van der Waals surface area (Å²) in [5, 5.41) is 0. The first-order chi connectivity index (χ1) is 8.72. The molecule has 0 radical (unpaired) electrons. The van der Waals surface area contributed by atoms with Gasteiger partial charge in [0.25, 0.3) is 0 Å². The molecular formula is C13H20FNO3S. The number of hydrogen-bond acceptors (Lipinski definition) is 3. The first kappa shape index (κ1) is 15.9. The molecule has 6 heteroatoms. The van der Waals surface area contributed by atoms with E-state index >= 15 is 0 Å². The smallest absolute Gasteiger partial charge is 0.244 e. The van der Waals surface area contributed by atoms with Gasteiger partial charge in [-0.25, -0.2) is 17.5 Å². The summed E-state index contributed by atoms with van der Waals surface area (Å²) in [5.41, 5.74) is -0.632. The van der Waals surface area contributed by atoms with Gasteiger partial charge in [-0.3, -0.25) is 0 Å². The van der Waals surface area contributed by atoms with E-state index in [9.17, 15) is 12.8 Å². The van der Waals surface area contributed by atoms with E-state index in [4.69, 9.17) is 4.74 Å². The molecule has 0 aliphatic heterocycles. The fourth-order valence-electron chi connectivity index (χ4n) is 1.44. The zero-order valence-corrected chi connectivity index (χ0v) is 12.5. The highest BCUT2D eigenvalue weighted by atomic mass is 32.2. The molecule has 1 N–H and O–H groups in total. The SMILES string of the molecule is CCOc1ccc(F)c(S(=O)(=O)NC(C)(C)CC)c1. The van der Waals surface area contributed by atoms with E-state index in [0.717, 1.165) is 6.07 Å². The van der Waals surface area contributed by atoms with Crippen LogP contribution < -0.4 is 9.46 Å². The second kappa shape index (κ2) is 5.88. The Bertz CT molecular complexity index is 541. The lowest BCUT2D eigenvalue weighted by Gasteiger charge is -2.24. The van der Waals surface area contributed by atoms with Crippen LogP contribution in [-0.4, -0.2) is 20.6 Å². The molecule has 0 aliphatic carbocycles. The van der Waals surface area contributed by atoms with E-state index in [2.05, 4.69) is 4.72 Å². The van der Waals surface area contributed by atoms with Crippen molar-refractivity contribution in [1.82, 2.24) is 4.72 Å². The van der Waals surface area contributed by atoms with E-state index in [1.807, 2.05) is 6.92 Å². The van der Waals surface area contributed by atoms with Crippen molar-refractivity contribution in [3.63, 3.8) is 0 Å². The molecule has 4 nitrogen and oxygen atoms in total.